The zero-order valence-electron chi connectivity index (χ0n) is 14.6. The van der Waals surface area contributed by atoms with Crippen LogP contribution in [0, 0.1) is 0 Å². The van der Waals surface area contributed by atoms with Crippen molar-refractivity contribution >= 4 is 16.7 Å². The van der Waals surface area contributed by atoms with Gasteiger partial charge in [-0.3, -0.25) is 4.79 Å². The molecule has 6 heteroatoms. The fourth-order valence-corrected chi connectivity index (χ4v) is 3.44. The fourth-order valence-electron chi connectivity index (χ4n) is 3.44. The number of aryl methyl sites for hydroxylation is 2. The van der Waals surface area contributed by atoms with Crippen LogP contribution in [0.25, 0.3) is 10.9 Å². The first kappa shape index (κ1) is 15.7. The molecule has 3 aromatic rings. The second-order valence-electron chi connectivity index (χ2n) is 6.59. The average molecular weight is 338 g/mol. The highest BCUT2D eigenvalue weighted by molar-refractivity contribution is 5.86. The molecule has 1 fully saturated rings. The van der Waals surface area contributed by atoms with Crippen LogP contribution in [0.1, 0.15) is 12.8 Å². The Bertz CT molecular complexity index is 951. The highest BCUT2D eigenvalue weighted by Crippen LogP contribution is 2.29. The van der Waals surface area contributed by atoms with Crippen molar-refractivity contribution < 1.29 is 4.74 Å². The van der Waals surface area contributed by atoms with Crippen LogP contribution < -0.4 is 15.2 Å². The maximum atomic E-state index is 12.2. The summed E-state index contributed by atoms with van der Waals surface area (Å²) in [5, 5.41) is 1.14. The molecule has 1 aliphatic heterocycles. The lowest BCUT2D eigenvalue weighted by molar-refractivity contribution is 0.173. The molecule has 0 saturated carbocycles. The quantitative estimate of drug-likeness (QED) is 0.735. The van der Waals surface area contributed by atoms with E-state index in [0.29, 0.717) is 5.82 Å². The third kappa shape index (κ3) is 2.88. The molecule has 0 spiro atoms. The number of piperidine rings is 1. The topological polar surface area (TPSA) is 52.3 Å². The molecular weight excluding hydrogens is 316 g/mol. The number of hydrogen-bond donors (Lipinski definition) is 0. The van der Waals surface area contributed by atoms with Gasteiger partial charge in [-0.2, -0.15) is 0 Å². The Kier molecular flexibility index (Phi) is 3.95. The van der Waals surface area contributed by atoms with E-state index in [-0.39, 0.29) is 11.7 Å². The number of hydrogen-bond acceptors (Lipinski definition) is 4. The molecule has 0 aliphatic carbocycles. The van der Waals surface area contributed by atoms with Crippen LogP contribution in [0.3, 0.4) is 0 Å². The van der Waals surface area contributed by atoms with Gasteiger partial charge in [0.1, 0.15) is 11.9 Å². The summed E-state index contributed by atoms with van der Waals surface area (Å²) in [6.45, 7) is 1.56. The van der Waals surface area contributed by atoms with Crippen molar-refractivity contribution in [1.29, 1.82) is 0 Å². The van der Waals surface area contributed by atoms with E-state index < -0.39 is 0 Å². The lowest BCUT2D eigenvalue weighted by atomic mass is 10.1. The summed E-state index contributed by atoms with van der Waals surface area (Å²) in [6, 6.07) is 8.26. The summed E-state index contributed by atoms with van der Waals surface area (Å²) in [5.41, 5.74) is 1.13. The van der Waals surface area contributed by atoms with Gasteiger partial charge in [0.2, 0.25) is 0 Å². The van der Waals surface area contributed by atoms with Crippen molar-refractivity contribution in [3.05, 3.63) is 53.2 Å². The van der Waals surface area contributed by atoms with Gasteiger partial charge in [-0.1, -0.05) is 6.07 Å². The largest absolute Gasteiger partial charge is 0.490 e. The van der Waals surface area contributed by atoms with Crippen molar-refractivity contribution in [3.63, 3.8) is 0 Å². The Hall–Kier alpha value is -2.76. The summed E-state index contributed by atoms with van der Waals surface area (Å²) in [6.07, 6.45) is 7.33. The molecule has 1 aromatic carbocycles. The van der Waals surface area contributed by atoms with Gasteiger partial charge < -0.3 is 18.8 Å². The minimum atomic E-state index is -0.0454. The molecule has 0 unspecified atom stereocenters. The van der Waals surface area contributed by atoms with E-state index in [1.807, 2.05) is 19.2 Å². The number of aromatic nitrogens is 3. The van der Waals surface area contributed by atoms with E-state index in [1.54, 1.807) is 24.0 Å². The van der Waals surface area contributed by atoms with Crippen molar-refractivity contribution in [1.82, 2.24) is 14.1 Å². The molecule has 1 aliphatic rings. The molecule has 0 atom stereocenters. The molecule has 0 radical (unpaired) electrons. The summed E-state index contributed by atoms with van der Waals surface area (Å²) in [7, 11) is 3.79. The second-order valence-corrected chi connectivity index (χ2v) is 6.59. The number of nitrogens with zero attached hydrogens (tertiary/aromatic N) is 4. The van der Waals surface area contributed by atoms with Crippen molar-refractivity contribution in [2.24, 2.45) is 14.1 Å². The Morgan fingerprint density at radius 2 is 1.88 bits per heavy atom. The Morgan fingerprint density at radius 1 is 1.08 bits per heavy atom. The first-order chi connectivity index (χ1) is 12.1. The van der Waals surface area contributed by atoms with E-state index in [4.69, 9.17) is 4.74 Å². The van der Waals surface area contributed by atoms with Gasteiger partial charge in [0.15, 0.2) is 5.82 Å². The summed E-state index contributed by atoms with van der Waals surface area (Å²) in [4.78, 5) is 18.5. The number of rotatable bonds is 3. The predicted molar refractivity (Wildman–Crippen MR) is 98.3 cm³/mol. The molecule has 1 saturated heterocycles. The lowest BCUT2D eigenvalue weighted by Crippen LogP contribution is -2.41. The van der Waals surface area contributed by atoms with Crippen LogP contribution in [-0.4, -0.2) is 33.3 Å². The van der Waals surface area contributed by atoms with E-state index in [0.717, 1.165) is 37.1 Å². The van der Waals surface area contributed by atoms with Crippen molar-refractivity contribution in [2.75, 3.05) is 18.0 Å². The van der Waals surface area contributed by atoms with Gasteiger partial charge in [-0.15, -0.1) is 0 Å². The highest BCUT2D eigenvalue weighted by Gasteiger charge is 2.24. The van der Waals surface area contributed by atoms with E-state index in [1.165, 1.54) is 5.52 Å². The summed E-state index contributed by atoms with van der Waals surface area (Å²) >= 11 is 0. The standard InChI is InChI=1S/C19H22N4O2/c1-21-10-8-15-16(21)4-3-5-17(15)25-14-6-11-23(12-7-14)18-19(24)22(2)13-9-20-18/h3-5,8-10,13-14H,6-7,11-12H2,1-2H3. The maximum Gasteiger partial charge on any atom is 0.293 e. The molecule has 0 amide bonds. The molecule has 0 bridgehead atoms. The van der Waals surface area contributed by atoms with Gasteiger partial charge in [0.05, 0.1) is 5.52 Å². The molecule has 0 N–H and O–H groups in total. The number of ether oxygens (including phenoxy) is 1. The summed E-state index contributed by atoms with van der Waals surface area (Å²) < 4.78 is 9.95. The first-order valence-electron chi connectivity index (χ1n) is 8.61. The zero-order chi connectivity index (χ0) is 17.4. The molecule has 25 heavy (non-hydrogen) atoms. The molecule has 130 valence electrons. The van der Waals surface area contributed by atoms with Crippen LogP contribution in [-0.2, 0) is 14.1 Å². The van der Waals surface area contributed by atoms with Crippen LogP contribution in [0.2, 0.25) is 0 Å². The third-order valence-corrected chi connectivity index (χ3v) is 4.92. The molecule has 2 aromatic heterocycles. The van der Waals surface area contributed by atoms with Crippen molar-refractivity contribution in [2.45, 2.75) is 18.9 Å². The minimum absolute atomic E-state index is 0.0454. The SMILES string of the molecule is Cn1ccnc(N2CCC(Oc3cccc4c3ccn4C)CC2)c1=O. The summed E-state index contributed by atoms with van der Waals surface area (Å²) in [5.74, 6) is 1.47. The number of benzene rings is 1. The molecule has 6 nitrogen and oxygen atoms in total. The van der Waals surface area contributed by atoms with Gasteiger partial charge >= 0.3 is 0 Å². The smallest absolute Gasteiger partial charge is 0.293 e. The van der Waals surface area contributed by atoms with Crippen LogP contribution in [0.15, 0.2) is 47.7 Å². The fraction of sp³-hybridized carbons (Fsp3) is 0.368. The van der Waals surface area contributed by atoms with E-state index in [9.17, 15) is 4.79 Å². The number of fused-ring (bicyclic) bond motifs is 1. The Balaban J connectivity index is 1.47. The van der Waals surface area contributed by atoms with E-state index >= 15 is 0 Å². The Labute approximate surface area is 146 Å². The first-order valence-corrected chi connectivity index (χ1v) is 8.61. The van der Waals surface area contributed by atoms with Gasteiger partial charge in [-0.05, 0) is 18.2 Å². The van der Waals surface area contributed by atoms with E-state index in [2.05, 4.69) is 32.8 Å². The van der Waals surface area contributed by atoms with Gasteiger partial charge in [-0.25, -0.2) is 4.98 Å². The van der Waals surface area contributed by atoms with Crippen LogP contribution in [0.4, 0.5) is 5.82 Å². The molecule has 4 rings (SSSR count). The number of anilines is 1. The Morgan fingerprint density at radius 3 is 2.68 bits per heavy atom. The normalized spacial score (nSPS) is 15.7. The molecular formula is C19H22N4O2. The monoisotopic (exact) mass is 338 g/mol. The van der Waals surface area contributed by atoms with Crippen molar-refractivity contribution in [3.8, 4) is 5.75 Å². The maximum absolute atomic E-state index is 12.2. The second kappa shape index (κ2) is 6.27. The minimum Gasteiger partial charge on any atom is -0.490 e. The average Bonchev–Trinajstić information content (AvgIpc) is 3.01. The van der Waals surface area contributed by atoms with Crippen LogP contribution in [0.5, 0.6) is 5.75 Å². The third-order valence-electron chi connectivity index (χ3n) is 4.92. The zero-order valence-corrected chi connectivity index (χ0v) is 14.6. The molecule has 3 heterocycles. The van der Waals surface area contributed by atoms with Crippen LogP contribution >= 0.6 is 0 Å². The highest BCUT2D eigenvalue weighted by atomic mass is 16.5. The lowest BCUT2D eigenvalue weighted by Gasteiger charge is -2.32. The predicted octanol–water partition coefficient (Wildman–Crippen LogP) is 2.32. The van der Waals surface area contributed by atoms with Gasteiger partial charge in [0.25, 0.3) is 5.56 Å². The van der Waals surface area contributed by atoms with Gasteiger partial charge in [0, 0.05) is 64.0 Å².